The van der Waals surface area contributed by atoms with Gasteiger partial charge in [-0.1, -0.05) is 57.2 Å². The predicted octanol–water partition coefficient (Wildman–Crippen LogP) is 4.34. The number of amides is 1. The summed E-state index contributed by atoms with van der Waals surface area (Å²) in [6.45, 7) is 10.8. The van der Waals surface area contributed by atoms with Gasteiger partial charge in [-0.05, 0) is 41.2 Å². The average Bonchev–Trinajstić information content (AvgIpc) is 3.16. The van der Waals surface area contributed by atoms with Crippen LogP contribution in [0.4, 0.5) is 0 Å². The molecule has 2 heterocycles. The van der Waals surface area contributed by atoms with Crippen LogP contribution in [0.15, 0.2) is 48.5 Å². The normalized spacial score (nSPS) is 22.1. The Labute approximate surface area is 180 Å². The van der Waals surface area contributed by atoms with Crippen molar-refractivity contribution < 1.29 is 9.53 Å². The minimum atomic E-state index is -0.349. The fourth-order valence-electron chi connectivity index (χ4n) is 4.99. The fourth-order valence-corrected chi connectivity index (χ4v) is 4.99. The molecule has 0 spiro atoms. The van der Waals surface area contributed by atoms with E-state index in [-0.39, 0.29) is 11.3 Å². The number of rotatable bonds is 4. The van der Waals surface area contributed by atoms with E-state index >= 15 is 0 Å². The molecule has 0 saturated carbocycles. The van der Waals surface area contributed by atoms with Gasteiger partial charge >= 0.3 is 0 Å². The zero-order valence-electron chi connectivity index (χ0n) is 18.7. The molecule has 1 fully saturated rings. The van der Waals surface area contributed by atoms with Crippen molar-refractivity contribution >= 4 is 5.91 Å². The standard InChI is InChI=1S/C26H34N2O2/c1-26(2,3)25(29)28-17-22(24(18-28)20-10-7-11-23(14-20)30-4)16-27-13-12-19-8-5-6-9-21(19)15-27/h5-11,14,22,24H,12-13,15-18H2,1-4H3. The molecule has 4 heteroatoms. The van der Waals surface area contributed by atoms with Crippen molar-refractivity contribution in [3.63, 3.8) is 0 Å². The summed E-state index contributed by atoms with van der Waals surface area (Å²) in [6, 6.07) is 17.2. The van der Waals surface area contributed by atoms with Crippen molar-refractivity contribution in [2.45, 2.75) is 39.7 Å². The largest absolute Gasteiger partial charge is 0.497 e. The average molecular weight is 407 g/mol. The molecule has 4 nitrogen and oxygen atoms in total. The van der Waals surface area contributed by atoms with E-state index in [0.717, 1.165) is 44.9 Å². The van der Waals surface area contributed by atoms with E-state index in [1.807, 2.05) is 26.8 Å². The van der Waals surface area contributed by atoms with Crippen molar-refractivity contribution in [3.8, 4) is 5.75 Å². The number of benzene rings is 2. The van der Waals surface area contributed by atoms with Crippen molar-refractivity contribution in [1.29, 1.82) is 0 Å². The third kappa shape index (κ3) is 4.39. The maximum Gasteiger partial charge on any atom is 0.227 e. The van der Waals surface area contributed by atoms with Crippen LogP contribution in [0, 0.1) is 11.3 Å². The van der Waals surface area contributed by atoms with E-state index < -0.39 is 0 Å². The Morgan fingerprint density at radius 3 is 2.57 bits per heavy atom. The molecule has 160 valence electrons. The molecule has 1 saturated heterocycles. The second-order valence-corrected chi connectivity index (χ2v) is 9.86. The summed E-state index contributed by atoms with van der Waals surface area (Å²) >= 11 is 0. The Bertz CT molecular complexity index is 902. The molecule has 0 aliphatic carbocycles. The molecule has 2 atom stereocenters. The van der Waals surface area contributed by atoms with Gasteiger partial charge in [0.25, 0.3) is 0 Å². The highest BCUT2D eigenvalue weighted by molar-refractivity contribution is 5.82. The predicted molar refractivity (Wildman–Crippen MR) is 121 cm³/mol. The van der Waals surface area contributed by atoms with Gasteiger partial charge in [-0.25, -0.2) is 0 Å². The molecule has 4 rings (SSSR count). The van der Waals surface area contributed by atoms with Crippen LogP contribution in [0.5, 0.6) is 5.75 Å². The zero-order valence-corrected chi connectivity index (χ0v) is 18.7. The molecule has 2 aromatic rings. The van der Waals surface area contributed by atoms with Crippen LogP contribution in [0.25, 0.3) is 0 Å². The van der Waals surface area contributed by atoms with Crippen LogP contribution < -0.4 is 4.74 Å². The van der Waals surface area contributed by atoms with Gasteiger partial charge in [0.2, 0.25) is 5.91 Å². The first-order valence-electron chi connectivity index (χ1n) is 11.1. The van der Waals surface area contributed by atoms with Crippen molar-refractivity contribution in [1.82, 2.24) is 9.80 Å². The van der Waals surface area contributed by atoms with Gasteiger partial charge in [0.15, 0.2) is 0 Å². The van der Waals surface area contributed by atoms with E-state index in [9.17, 15) is 4.79 Å². The van der Waals surface area contributed by atoms with Gasteiger partial charge < -0.3 is 9.64 Å². The molecule has 2 aromatic carbocycles. The number of carbonyl (C=O) groups is 1. The molecule has 0 aromatic heterocycles. The SMILES string of the molecule is COc1cccc(C2CN(C(=O)C(C)(C)C)CC2CN2CCc3ccccc3C2)c1. The lowest BCUT2D eigenvalue weighted by atomic mass is 9.87. The summed E-state index contributed by atoms with van der Waals surface area (Å²) in [7, 11) is 1.71. The van der Waals surface area contributed by atoms with Crippen molar-refractivity contribution in [2.75, 3.05) is 33.3 Å². The van der Waals surface area contributed by atoms with Crippen LogP contribution in [0.1, 0.15) is 43.4 Å². The lowest BCUT2D eigenvalue weighted by Crippen LogP contribution is -2.39. The topological polar surface area (TPSA) is 32.8 Å². The van der Waals surface area contributed by atoms with E-state index in [1.54, 1.807) is 7.11 Å². The first-order valence-corrected chi connectivity index (χ1v) is 11.1. The van der Waals surface area contributed by atoms with E-state index in [1.165, 1.54) is 16.7 Å². The molecular weight excluding hydrogens is 372 g/mol. The molecule has 30 heavy (non-hydrogen) atoms. The summed E-state index contributed by atoms with van der Waals surface area (Å²) in [5.41, 5.74) is 3.86. The summed E-state index contributed by atoms with van der Waals surface area (Å²) in [6.07, 6.45) is 1.11. The Kier molecular flexibility index (Phi) is 5.88. The number of hydrogen-bond donors (Lipinski definition) is 0. The third-order valence-corrected chi connectivity index (χ3v) is 6.59. The van der Waals surface area contributed by atoms with Gasteiger partial charge in [0.05, 0.1) is 7.11 Å². The third-order valence-electron chi connectivity index (χ3n) is 6.59. The minimum Gasteiger partial charge on any atom is -0.497 e. The highest BCUT2D eigenvalue weighted by atomic mass is 16.5. The first-order chi connectivity index (χ1) is 14.3. The fraction of sp³-hybridized carbons (Fsp3) is 0.500. The van der Waals surface area contributed by atoms with Gasteiger partial charge in [-0.2, -0.15) is 0 Å². The molecular formula is C26H34N2O2. The molecule has 1 amide bonds. The zero-order chi connectivity index (χ0) is 21.3. The van der Waals surface area contributed by atoms with Crippen molar-refractivity contribution in [2.24, 2.45) is 11.3 Å². The van der Waals surface area contributed by atoms with Gasteiger partial charge in [0, 0.05) is 44.1 Å². The van der Waals surface area contributed by atoms with Crippen LogP contribution >= 0.6 is 0 Å². The second kappa shape index (κ2) is 8.43. The molecule has 2 aliphatic rings. The number of carbonyl (C=O) groups excluding carboxylic acids is 1. The highest BCUT2D eigenvalue weighted by Crippen LogP contribution is 2.37. The summed E-state index contributed by atoms with van der Waals surface area (Å²) in [5.74, 6) is 1.90. The van der Waals surface area contributed by atoms with Crippen LogP contribution in [-0.4, -0.2) is 49.0 Å². The van der Waals surface area contributed by atoms with E-state index in [0.29, 0.717) is 11.8 Å². The Morgan fingerprint density at radius 2 is 1.83 bits per heavy atom. The lowest BCUT2D eigenvalue weighted by molar-refractivity contribution is -0.138. The number of likely N-dealkylation sites (tertiary alicyclic amines) is 1. The van der Waals surface area contributed by atoms with Crippen molar-refractivity contribution in [3.05, 3.63) is 65.2 Å². The highest BCUT2D eigenvalue weighted by Gasteiger charge is 2.40. The quantitative estimate of drug-likeness (QED) is 0.757. The Morgan fingerprint density at radius 1 is 1.07 bits per heavy atom. The van der Waals surface area contributed by atoms with Gasteiger partial charge in [-0.15, -0.1) is 0 Å². The summed E-state index contributed by atoms with van der Waals surface area (Å²) in [5, 5.41) is 0. The van der Waals surface area contributed by atoms with Gasteiger partial charge in [-0.3, -0.25) is 9.69 Å². The van der Waals surface area contributed by atoms with E-state index in [2.05, 4.69) is 52.3 Å². The number of ether oxygens (including phenoxy) is 1. The number of hydrogen-bond acceptors (Lipinski definition) is 3. The second-order valence-electron chi connectivity index (χ2n) is 9.86. The summed E-state index contributed by atoms with van der Waals surface area (Å²) in [4.78, 5) is 17.7. The van der Waals surface area contributed by atoms with Crippen LogP contribution in [0.3, 0.4) is 0 Å². The molecule has 0 bridgehead atoms. The maximum atomic E-state index is 13.1. The molecule has 0 N–H and O–H groups in total. The smallest absolute Gasteiger partial charge is 0.227 e. The number of nitrogens with zero attached hydrogens (tertiary/aromatic N) is 2. The minimum absolute atomic E-state index is 0.252. The lowest BCUT2D eigenvalue weighted by Gasteiger charge is -2.32. The summed E-state index contributed by atoms with van der Waals surface area (Å²) < 4.78 is 5.48. The molecule has 2 aliphatic heterocycles. The Balaban J connectivity index is 1.55. The first kappa shape index (κ1) is 20.9. The van der Waals surface area contributed by atoms with E-state index in [4.69, 9.17) is 4.74 Å². The molecule has 0 radical (unpaired) electrons. The molecule has 2 unspecified atom stereocenters. The maximum absolute atomic E-state index is 13.1. The van der Waals surface area contributed by atoms with Gasteiger partial charge in [0.1, 0.15) is 5.75 Å². The van der Waals surface area contributed by atoms with Crippen LogP contribution in [0.2, 0.25) is 0 Å². The number of fused-ring (bicyclic) bond motifs is 1. The van der Waals surface area contributed by atoms with Crippen LogP contribution in [-0.2, 0) is 17.8 Å². The number of methoxy groups -OCH3 is 1. The Hall–Kier alpha value is -2.33. The monoisotopic (exact) mass is 406 g/mol.